The van der Waals surface area contributed by atoms with Gasteiger partial charge >= 0.3 is 0 Å². The van der Waals surface area contributed by atoms with Crippen LogP contribution < -0.4 is 0 Å². The van der Waals surface area contributed by atoms with Crippen LogP contribution in [0.15, 0.2) is 28.8 Å². The molecule has 1 aromatic carbocycles. The molecule has 0 aliphatic rings. The first-order chi connectivity index (χ1) is 7.63. The van der Waals surface area contributed by atoms with Crippen molar-refractivity contribution >= 4 is 29.4 Å². The largest absolute Gasteiger partial charge is 0.373 e. The van der Waals surface area contributed by atoms with E-state index in [-0.39, 0.29) is 23.5 Å². The van der Waals surface area contributed by atoms with Crippen molar-refractivity contribution in [3.8, 4) is 0 Å². The maximum Gasteiger partial charge on any atom is 0.128 e. The molecule has 1 N–H and O–H groups in total. The molecular formula is C11H10Cl2FNO. The molecule has 0 bridgehead atoms. The molecule has 0 radical (unpaired) electrons. The summed E-state index contributed by atoms with van der Waals surface area (Å²) in [5.41, 5.74) is 1.03. The van der Waals surface area contributed by atoms with Crippen molar-refractivity contribution in [2.24, 2.45) is 0 Å². The van der Waals surface area contributed by atoms with Crippen molar-refractivity contribution in [1.82, 2.24) is 0 Å². The minimum atomic E-state index is -0.355. The Morgan fingerprint density at radius 3 is 2.81 bits per heavy atom. The lowest BCUT2D eigenvalue weighted by Gasteiger charge is -2.04. The summed E-state index contributed by atoms with van der Waals surface area (Å²) in [5, 5.41) is 7.05. The Balaban J connectivity index is 2.59. The molecule has 0 aromatic heterocycles. The summed E-state index contributed by atoms with van der Waals surface area (Å²) < 4.78 is 18.5. The lowest BCUT2D eigenvalue weighted by atomic mass is 10.1. The number of benzene rings is 1. The molecule has 0 unspecified atom stereocenters. The third kappa shape index (κ3) is 4.31. The molecule has 0 amide bonds. The molecular weight excluding hydrogens is 252 g/mol. The van der Waals surface area contributed by atoms with E-state index in [4.69, 9.17) is 33.3 Å². The van der Waals surface area contributed by atoms with Crippen molar-refractivity contribution < 1.29 is 9.13 Å². The van der Waals surface area contributed by atoms with Crippen LogP contribution in [0.2, 0.25) is 0 Å². The third-order valence-corrected chi connectivity index (χ3v) is 2.16. The molecule has 0 heterocycles. The van der Waals surface area contributed by atoms with E-state index in [2.05, 4.69) is 0 Å². The van der Waals surface area contributed by atoms with Gasteiger partial charge < -0.3 is 10.1 Å². The number of ether oxygens (including phenoxy) is 1. The first-order valence-electron chi connectivity index (χ1n) is 4.51. The van der Waals surface area contributed by atoms with Gasteiger partial charge in [-0.2, -0.15) is 0 Å². The molecule has 16 heavy (non-hydrogen) atoms. The number of nitrogens with one attached hydrogen (secondary N) is 1. The van der Waals surface area contributed by atoms with Crippen LogP contribution in [0.3, 0.4) is 0 Å². The number of hydrogen-bond donors (Lipinski definition) is 1. The van der Waals surface area contributed by atoms with E-state index in [9.17, 15) is 4.39 Å². The van der Waals surface area contributed by atoms with Crippen LogP contribution in [0.5, 0.6) is 0 Å². The fourth-order valence-electron chi connectivity index (χ4n) is 1.09. The zero-order chi connectivity index (χ0) is 12.0. The van der Waals surface area contributed by atoms with E-state index in [1.54, 1.807) is 6.07 Å². The molecule has 0 saturated carbocycles. The highest BCUT2D eigenvalue weighted by molar-refractivity contribution is 6.55. The Kier molecular flexibility index (Phi) is 5.46. The molecule has 1 aromatic rings. The summed E-state index contributed by atoms with van der Waals surface area (Å²) in [5.74, 6) is -0.355. The zero-order valence-corrected chi connectivity index (χ0v) is 9.85. The predicted octanol–water partition coefficient (Wildman–Crippen LogP) is 3.66. The molecule has 86 valence electrons. The highest BCUT2D eigenvalue weighted by atomic mass is 35.5. The highest BCUT2D eigenvalue weighted by Crippen LogP contribution is 2.11. The van der Waals surface area contributed by atoms with E-state index in [1.807, 2.05) is 0 Å². The van der Waals surface area contributed by atoms with Crippen LogP contribution in [-0.2, 0) is 11.3 Å². The average Bonchev–Trinajstić information content (AvgIpc) is 2.26. The van der Waals surface area contributed by atoms with Gasteiger partial charge in [0.1, 0.15) is 10.3 Å². The van der Waals surface area contributed by atoms with Gasteiger partial charge in [-0.3, -0.25) is 0 Å². The predicted molar refractivity (Wildman–Crippen MR) is 63.7 cm³/mol. The summed E-state index contributed by atoms with van der Waals surface area (Å²) in [6, 6.07) is 4.40. The molecule has 0 aliphatic carbocycles. The fraction of sp³-hybridized carbons (Fsp3) is 0.182. The summed E-state index contributed by atoms with van der Waals surface area (Å²) in [7, 11) is 0. The molecule has 0 saturated heterocycles. The molecule has 2 nitrogen and oxygen atoms in total. The minimum absolute atomic E-state index is 0.116. The molecule has 0 spiro atoms. The average molecular weight is 262 g/mol. The third-order valence-electron chi connectivity index (χ3n) is 1.85. The standard InChI is InChI=1S/C11H10Cl2FNO/c12-11(13)3-4-16-7-9-5-8(6-15)1-2-10(9)14/h1-3,5-6,15H,4,7H2. The van der Waals surface area contributed by atoms with Crippen LogP contribution >= 0.6 is 23.2 Å². The van der Waals surface area contributed by atoms with Gasteiger partial charge in [0.25, 0.3) is 0 Å². The molecule has 5 heteroatoms. The summed E-state index contributed by atoms with van der Waals surface area (Å²) in [6.45, 7) is 0.335. The second kappa shape index (κ2) is 6.63. The smallest absolute Gasteiger partial charge is 0.128 e. The van der Waals surface area contributed by atoms with Gasteiger partial charge in [0.15, 0.2) is 0 Å². The van der Waals surface area contributed by atoms with Gasteiger partial charge in [-0.05, 0) is 23.8 Å². The quantitative estimate of drug-likeness (QED) is 0.637. The number of hydrogen-bond acceptors (Lipinski definition) is 2. The molecule has 0 atom stereocenters. The molecule has 0 aliphatic heterocycles. The van der Waals surface area contributed by atoms with Gasteiger partial charge in [0, 0.05) is 11.8 Å². The minimum Gasteiger partial charge on any atom is -0.373 e. The summed E-state index contributed by atoms with van der Waals surface area (Å²) in [4.78, 5) is 0. The van der Waals surface area contributed by atoms with Crippen molar-refractivity contribution in [1.29, 1.82) is 5.41 Å². The monoisotopic (exact) mass is 261 g/mol. The van der Waals surface area contributed by atoms with Crippen molar-refractivity contribution in [2.75, 3.05) is 6.61 Å². The first kappa shape index (κ1) is 13.2. The number of rotatable bonds is 5. The Bertz CT molecular complexity index is 403. The van der Waals surface area contributed by atoms with Crippen LogP contribution in [0.1, 0.15) is 11.1 Å². The van der Waals surface area contributed by atoms with Crippen LogP contribution in [0, 0.1) is 11.2 Å². The lowest BCUT2D eigenvalue weighted by molar-refractivity contribution is 0.146. The normalized spacial score (nSPS) is 9.94. The van der Waals surface area contributed by atoms with Crippen molar-refractivity contribution in [3.63, 3.8) is 0 Å². The van der Waals surface area contributed by atoms with Crippen molar-refractivity contribution in [3.05, 3.63) is 45.7 Å². The van der Waals surface area contributed by atoms with E-state index < -0.39 is 0 Å². The Morgan fingerprint density at radius 2 is 2.19 bits per heavy atom. The van der Waals surface area contributed by atoms with Gasteiger partial charge in [0.05, 0.1) is 13.2 Å². The molecule has 1 rings (SSSR count). The van der Waals surface area contributed by atoms with Gasteiger partial charge in [-0.15, -0.1) is 0 Å². The van der Waals surface area contributed by atoms with Crippen LogP contribution in [0.4, 0.5) is 4.39 Å². The first-order valence-corrected chi connectivity index (χ1v) is 5.27. The second-order valence-electron chi connectivity index (χ2n) is 3.00. The van der Waals surface area contributed by atoms with E-state index >= 15 is 0 Å². The van der Waals surface area contributed by atoms with Gasteiger partial charge in [-0.25, -0.2) is 4.39 Å². The second-order valence-corrected chi connectivity index (χ2v) is 4.01. The summed E-state index contributed by atoms with van der Waals surface area (Å²) >= 11 is 10.8. The SMILES string of the molecule is N=Cc1ccc(F)c(COCC=C(Cl)Cl)c1. The van der Waals surface area contributed by atoms with E-state index in [0.717, 1.165) is 6.21 Å². The number of halogens is 3. The van der Waals surface area contributed by atoms with Crippen molar-refractivity contribution in [2.45, 2.75) is 6.61 Å². The molecule has 0 fully saturated rings. The van der Waals surface area contributed by atoms with Gasteiger partial charge in [-0.1, -0.05) is 29.3 Å². The summed E-state index contributed by atoms with van der Waals surface area (Å²) in [6.07, 6.45) is 2.62. The topological polar surface area (TPSA) is 33.1 Å². The Labute approximate surface area is 103 Å². The Hall–Kier alpha value is -0.900. The highest BCUT2D eigenvalue weighted by Gasteiger charge is 2.02. The Morgan fingerprint density at radius 1 is 1.44 bits per heavy atom. The van der Waals surface area contributed by atoms with Crippen LogP contribution in [-0.4, -0.2) is 12.8 Å². The lowest BCUT2D eigenvalue weighted by Crippen LogP contribution is -1.97. The fourth-order valence-corrected chi connectivity index (χ4v) is 1.21. The van der Waals surface area contributed by atoms with Crippen LogP contribution in [0.25, 0.3) is 0 Å². The maximum absolute atomic E-state index is 13.3. The van der Waals surface area contributed by atoms with E-state index in [1.165, 1.54) is 18.2 Å². The van der Waals surface area contributed by atoms with E-state index in [0.29, 0.717) is 11.1 Å². The maximum atomic E-state index is 13.3. The zero-order valence-electron chi connectivity index (χ0n) is 8.34. The van der Waals surface area contributed by atoms with Gasteiger partial charge in [0.2, 0.25) is 0 Å².